The first-order valence-corrected chi connectivity index (χ1v) is 8.47. The predicted octanol–water partition coefficient (Wildman–Crippen LogP) is 3.28. The van der Waals surface area contributed by atoms with Crippen molar-refractivity contribution in [3.63, 3.8) is 0 Å². The molecule has 0 saturated carbocycles. The van der Waals surface area contributed by atoms with Gasteiger partial charge >= 0.3 is 0 Å². The van der Waals surface area contributed by atoms with Crippen LogP contribution in [0, 0.1) is 0 Å². The molecule has 1 saturated heterocycles. The SMILES string of the molecule is CCCC1CNC(CC)(CC)CN1Cc1cncs1. The summed E-state index contributed by atoms with van der Waals surface area (Å²) in [5.41, 5.74) is 2.26. The summed E-state index contributed by atoms with van der Waals surface area (Å²) in [5.74, 6) is 0. The molecule has 2 rings (SSSR count). The van der Waals surface area contributed by atoms with E-state index in [2.05, 4.69) is 36.0 Å². The first-order valence-electron chi connectivity index (χ1n) is 7.59. The van der Waals surface area contributed by atoms with E-state index in [4.69, 9.17) is 0 Å². The third-order valence-electron chi connectivity index (χ3n) is 4.55. The third-order valence-corrected chi connectivity index (χ3v) is 5.32. The quantitative estimate of drug-likeness (QED) is 0.867. The van der Waals surface area contributed by atoms with Crippen LogP contribution >= 0.6 is 11.3 Å². The number of nitrogens with zero attached hydrogens (tertiary/aromatic N) is 2. The molecule has 3 nitrogen and oxygen atoms in total. The summed E-state index contributed by atoms with van der Waals surface area (Å²) in [5, 5.41) is 3.82. The van der Waals surface area contributed by atoms with Gasteiger partial charge in [0.25, 0.3) is 0 Å². The molecule has 0 bridgehead atoms. The molecule has 1 N–H and O–H groups in total. The van der Waals surface area contributed by atoms with Crippen LogP contribution in [-0.2, 0) is 6.54 Å². The number of nitrogens with one attached hydrogen (secondary N) is 1. The Bertz CT molecular complexity index is 359. The standard InChI is InChI=1S/C15H27N3S/c1-4-7-13-8-17-15(5-2,6-3)11-18(13)10-14-9-16-12-19-14/h9,12-13,17H,4-8,10-11H2,1-3H3. The Morgan fingerprint density at radius 2 is 2.21 bits per heavy atom. The van der Waals surface area contributed by atoms with Gasteiger partial charge in [-0.25, -0.2) is 0 Å². The molecule has 1 aliphatic rings. The smallest absolute Gasteiger partial charge is 0.0794 e. The van der Waals surface area contributed by atoms with Gasteiger partial charge in [-0.3, -0.25) is 9.88 Å². The van der Waals surface area contributed by atoms with Gasteiger partial charge in [0.05, 0.1) is 5.51 Å². The predicted molar refractivity (Wildman–Crippen MR) is 82.5 cm³/mol. The molecular weight excluding hydrogens is 254 g/mol. The Morgan fingerprint density at radius 3 is 2.79 bits per heavy atom. The van der Waals surface area contributed by atoms with Crippen LogP contribution in [0.2, 0.25) is 0 Å². The molecule has 1 atom stereocenters. The fourth-order valence-electron chi connectivity index (χ4n) is 3.08. The normalized spacial score (nSPS) is 23.6. The Morgan fingerprint density at radius 1 is 1.42 bits per heavy atom. The van der Waals surface area contributed by atoms with E-state index in [1.807, 2.05) is 11.7 Å². The molecule has 0 amide bonds. The fourth-order valence-corrected chi connectivity index (χ4v) is 3.70. The summed E-state index contributed by atoms with van der Waals surface area (Å²) in [6.07, 6.45) is 6.99. The minimum absolute atomic E-state index is 0.314. The van der Waals surface area contributed by atoms with E-state index in [0.717, 1.165) is 13.1 Å². The van der Waals surface area contributed by atoms with E-state index in [9.17, 15) is 0 Å². The number of thiazole rings is 1. The first kappa shape index (κ1) is 14.9. The van der Waals surface area contributed by atoms with Crippen molar-refractivity contribution >= 4 is 11.3 Å². The van der Waals surface area contributed by atoms with Crippen molar-refractivity contribution in [2.45, 2.75) is 64.6 Å². The Balaban J connectivity index is 2.08. The van der Waals surface area contributed by atoms with Crippen LogP contribution < -0.4 is 5.32 Å². The maximum Gasteiger partial charge on any atom is 0.0794 e. The number of rotatable bonds is 6. The molecule has 1 aromatic heterocycles. The van der Waals surface area contributed by atoms with Gasteiger partial charge in [-0.1, -0.05) is 27.2 Å². The van der Waals surface area contributed by atoms with Crippen LogP contribution in [0.1, 0.15) is 51.3 Å². The molecule has 2 heterocycles. The minimum atomic E-state index is 0.314. The van der Waals surface area contributed by atoms with Gasteiger partial charge < -0.3 is 5.32 Å². The number of aromatic nitrogens is 1. The average Bonchev–Trinajstić information content (AvgIpc) is 2.94. The second kappa shape index (κ2) is 6.82. The summed E-state index contributed by atoms with van der Waals surface area (Å²) in [7, 11) is 0. The summed E-state index contributed by atoms with van der Waals surface area (Å²) in [6.45, 7) is 10.3. The molecule has 1 aromatic rings. The molecule has 0 aromatic carbocycles. The second-order valence-corrected chi connectivity index (χ2v) is 6.65. The van der Waals surface area contributed by atoms with Crippen LogP contribution in [0.25, 0.3) is 0 Å². The van der Waals surface area contributed by atoms with Crippen molar-refractivity contribution in [2.24, 2.45) is 0 Å². The van der Waals surface area contributed by atoms with Crippen LogP contribution in [0.4, 0.5) is 0 Å². The molecule has 0 spiro atoms. The minimum Gasteiger partial charge on any atom is -0.308 e. The van der Waals surface area contributed by atoms with Crippen molar-refractivity contribution in [1.82, 2.24) is 15.2 Å². The molecule has 19 heavy (non-hydrogen) atoms. The highest BCUT2D eigenvalue weighted by Crippen LogP contribution is 2.26. The highest BCUT2D eigenvalue weighted by atomic mass is 32.1. The number of hydrogen-bond acceptors (Lipinski definition) is 4. The lowest BCUT2D eigenvalue weighted by Crippen LogP contribution is -2.63. The monoisotopic (exact) mass is 281 g/mol. The zero-order chi connectivity index (χ0) is 13.7. The van der Waals surface area contributed by atoms with Crippen molar-refractivity contribution in [2.75, 3.05) is 13.1 Å². The zero-order valence-corrected chi connectivity index (χ0v) is 13.3. The summed E-state index contributed by atoms with van der Waals surface area (Å²) in [4.78, 5) is 8.29. The lowest BCUT2D eigenvalue weighted by molar-refractivity contribution is 0.0624. The summed E-state index contributed by atoms with van der Waals surface area (Å²) >= 11 is 1.78. The molecule has 1 fully saturated rings. The molecular formula is C15H27N3S. The van der Waals surface area contributed by atoms with E-state index < -0.39 is 0 Å². The van der Waals surface area contributed by atoms with Gasteiger partial charge in [-0.2, -0.15) is 0 Å². The Hall–Kier alpha value is -0.450. The number of hydrogen-bond donors (Lipinski definition) is 1. The van der Waals surface area contributed by atoms with Gasteiger partial charge in [-0.05, 0) is 19.3 Å². The van der Waals surface area contributed by atoms with Crippen molar-refractivity contribution in [3.8, 4) is 0 Å². The fraction of sp³-hybridized carbons (Fsp3) is 0.800. The highest BCUT2D eigenvalue weighted by Gasteiger charge is 2.36. The molecule has 108 valence electrons. The van der Waals surface area contributed by atoms with Gasteiger partial charge in [0, 0.05) is 42.3 Å². The van der Waals surface area contributed by atoms with E-state index in [0.29, 0.717) is 11.6 Å². The lowest BCUT2D eigenvalue weighted by atomic mass is 9.87. The third kappa shape index (κ3) is 3.56. The van der Waals surface area contributed by atoms with Crippen molar-refractivity contribution < 1.29 is 0 Å². The highest BCUT2D eigenvalue weighted by molar-refractivity contribution is 7.09. The van der Waals surface area contributed by atoms with E-state index >= 15 is 0 Å². The van der Waals surface area contributed by atoms with Gasteiger partial charge in [0.2, 0.25) is 0 Å². The van der Waals surface area contributed by atoms with Crippen molar-refractivity contribution in [3.05, 3.63) is 16.6 Å². The number of piperazine rings is 1. The molecule has 1 aliphatic heterocycles. The average molecular weight is 281 g/mol. The topological polar surface area (TPSA) is 28.2 Å². The maximum atomic E-state index is 4.21. The first-order chi connectivity index (χ1) is 9.23. The Labute approximate surface area is 121 Å². The van der Waals surface area contributed by atoms with Crippen LogP contribution in [0.15, 0.2) is 11.7 Å². The van der Waals surface area contributed by atoms with E-state index in [-0.39, 0.29) is 0 Å². The largest absolute Gasteiger partial charge is 0.308 e. The molecule has 1 unspecified atom stereocenters. The maximum absolute atomic E-state index is 4.21. The summed E-state index contributed by atoms with van der Waals surface area (Å²) in [6, 6.07) is 0.679. The molecule has 4 heteroatoms. The Kier molecular flexibility index (Phi) is 5.37. The second-order valence-electron chi connectivity index (χ2n) is 5.68. The van der Waals surface area contributed by atoms with E-state index in [1.54, 1.807) is 11.3 Å². The van der Waals surface area contributed by atoms with Gasteiger partial charge in [0.15, 0.2) is 0 Å². The lowest BCUT2D eigenvalue weighted by Gasteiger charge is -2.47. The molecule has 0 radical (unpaired) electrons. The van der Waals surface area contributed by atoms with Crippen LogP contribution in [0.5, 0.6) is 0 Å². The van der Waals surface area contributed by atoms with Crippen LogP contribution in [-0.4, -0.2) is 34.6 Å². The van der Waals surface area contributed by atoms with Gasteiger partial charge in [-0.15, -0.1) is 11.3 Å². The van der Waals surface area contributed by atoms with Crippen LogP contribution in [0.3, 0.4) is 0 Å². The van der Waals surface area contributed by atoms with E-state index in [1.165, 1.54) is 37.1 Å². The van der Waals surface area contributed by atoms with Crippen molar-refractivity contribution in [1.29, 1.82) is 0 Å². The summed E-state index contributed by atoms with van der Waals surface area (Å²) < 4.78 is 0. The zero-order valence-electron chi connectivity index (χ0n) is 12.5. The molecule has 0 aliphatic carbocycles. The van der Waals surface area contributed by atoms with Gasteiger partial charge in [0.1, 0.15) is 0 Å².